The van der Waals surface area contributed by atoms with Crippen LogP contribution in [0.5, 0.6) is 5.75 Å². The molecular weight excluding hydrogens is 232 g/mol. The lowest BCUT2D eigenvalue weighted by molar-refractivity contribution is -0.137. The van der Waals surface area contributed by atoms with E-state index >= 15 is 0 Å². The summed E-state index contributed by atoms with van der Waals surface area (Å²) < 4.78 is 5.13. The zero-order valence-corrected chi connectivity index (χ0v) is 10.3. The van der Waals surface area contributed by atoms with Crippen molar-refractivity contribution in [1.82, 2.24) is 0 Å². The second-order valence-corrected chi connectivity index (χ2v) is 4.56. The van der Waals surface area contributed by atoms with Crippen LogP contribution in [0.4, 0.5) is 0 Å². The Labute approximate surface area is 106 Å². The second kappa shape index (κ2) is 5.21. The van der Waals surface area contributed by atoms with Gasteiger partial charge in [0.2, 0.25) is 0 Å². The molecule has 2 rings (SSSR count). The Morgan fingerprint density at radius 2 is 2.28 bits per heavy atom. The minimum Gasteiger partial charge on any atom is -0.497 e. The van der Waals surface area contributed by atoms with Crippen molar-refractivity contribution in [2.75, 3.05) is 7.11 Å². The maximum Gasteiger partial charge on any atom is 0.303 e. The first-order valence-corrected chi connectivity index (χ1v) is 6.04. The lowest BCUT2D eigenvalue weighted by Crippen LogP contribution is -2.23. The number of carbonyl (C=O) groups is 2. The molecule has 1 aromatic carbocycles. The Morgan fingerprint density at radius 3 is 2.94 bits per heavy atom. The van der Waals surface area contributed by atoms with Crippen molar-refractivity contribution in [3.05, 3.63) is 29.3 Å². The molecule has 1 aromatic rings. The molecule has 1 N–H and O–H groups in total. The van der Waals surface area contributed by atoms with Crippen LogP contribution in [-0.4, -0.2) is 24.0 Å². The third kappa shape index (κ3) is 2.53. The Hall–Kier alpha value is -1.84. The number of fused-ring (bicyclic) bond motifs is 1. The smallest absolute Gasteiger partial charge is 0.303 e. The standard InChI is InChI=1S/C14H16O4/c1-18-11-5-6-12-10(8-11)3-2-9(14(12)17)4-7-13(15)16/h5-6,8-9H,2-4,7H2,1H3,(H,15,16)/t9-/m1/s1. The van der Waals surface area contributed by atoms with Crippen molar-refractivity contribution in [2.45, 2.75) is 25.7 Å². The first-order chi connectivity index (χ1) is 8.61. The molecule has 1 aliphatic rings. The lowest BCUT2D eigenvalue weighted by atomic mass is 9.80. The molecule has 4 heteroatoms. The van der Waals surface area contributed by atoms with Crippen molar-refractivity contribution in [2.24, 2.45) is 5.92 Å². The minimum absolute atomic E-state index is 0.0574. The van der Waals surface area contributed by atoms with Gasteiger partial charge >= 0.3 is 5.97 Å². The number of aliphatic carboxylic acids is 1. The normalized spacial score (nSPS) is 18.3. The van der Waals surface area contributed by atoms with Gasteiger partial charge in [-0.3, -0.25) is 9.59 Å². The van der Waals surface area contributed by atoms with E-state index in [4.69, 9.17) is 9.84 Å². The summed E-state index contributed by atoms with van der Waals surface area (Å²) in [6.07, 6.45) is 2.02. The fourth-order valence-electron chi connectivity index (χ4n) is 2.40. The molecule has 0 spiro atoms. The van der Waals surface area contributed by atoms with E-state index in [1.807, 2.05) is 6.07 Å². The molecule has 0 unspecified atom stereocenters. The van der Waals surface area contributed by atoms with Gasteiger partial charge in [-0.25, -0.2) is 0 Å². The highest BCUT2D eigenvalue weighted by Gasteiger charge is 2.27. The third-order valence-electron chi connectivity index (χ3n) is 3.42. The van der Waals surface area contributed by atoms with Crippen molar-refractivity contribution in [3.63, 3.8) is 0 Å². The van der Waals surface area contributed by atoms with Gasteiger partial charge in [0.1, 0.15) is 5.75 Å². The monoisotopic (exact) mass is 248 g/mol. The SMILES string of the molecule is COc1ccc2c(c1)CC[C@H](CCC(=O)O)C2=O. The van der Waals surface area contributed by atoms with Gasteiger partial charge in [0.05, 0.1) is 7.11 Å². The summed E-state index contributed by atoms with van der Waals surface area (Å²) in [6.45, 7) is 0. The highest BCUT2D eigenvalue weighted by atomic mass is 16.5. The topological polar surface area (TPSA) is 63.6 Å². The molecular formula is C14H16O4. The fraction of sp³-hybridized carbons (Fsp3) is 0.429. The number of carbonyl (C=O) groups excluding carboxylic acids is 1. The number of carboxylic acids is 1. The van der Waals surface area contributed by atoms with Crippen LogP contribution in [0.1, 0.15) is 35.2 Å². The molecule has 0 bridgehead atoms. The molecule has 0 amide bonds. The molecule has 0 fully saturated rings. The molecule has 0 aromatic heterocycles. The zero-order chi connectivity index (χ0) is 13.1. The first kappa shape index (κ1) is 12.6. The van der Waals surface area contributed by atoms with Crippen LogP contribution in [0.3, 0.4) is 0 Å². The predicted molar refractivity (Wildman–Crippen MR) is 66.0 cm³/mol. The van der Waals surface area contributed by atoms with Crippen molar-refractivity contribution >= 4 is 11.8 Å². The van der Waals surface area contributed by atoms with Crippen LogP contribution < -0.4 is 4.74 Å². The molecule has 96 valence electrons. The number of hydrogen-bond acceptors (Lipinski definition) is 3. The molecule has 4 nitrogen and oxygen atoms in total. The number of benzene rings is 1. The van der Waals surface area contributed by atoms with Gasteiger partial charge in [0, 0.05) is 17.9 Å². The summed E-state index contributed by atoms with van der Waals surface area (Å²) in [5.74, 6) is -0.170. The van der Waals surface area contributed by atoms with Crippen molar-refractivity contribution in [1.29, 1.82) is 0 Å². The van der Waals surface area contributed by atoms with E-state index < -0.39 is 5.97 Å². The average molecular weight is 248 g/mol. The number of carboxylic acid groups (broad SMARTS) is 1. The quantitative estimate of drug-likeness (QED) is 0.888. The maximum atomic E-state index is 12.2. The van der Waals surface area contributed by atoms with Crippen LogP contribution in [0.15, 0.2) is 18.2 Å². The van der Waals surface area contributed by atoms with E-state index in [-0.39, 0.29) is 18.1 Å². The highest BCUT2D eigenvalue weighted by Crippen LogP contribution is 2.30. The maximum absolute atomic E-state index is 12.2. The third-order valence-corrected chi connectivity index (χ3v) is 3.42. The van der Waals surface area contributed by atoms with Gasteiger partial charge in [-0.15, -0.1) is 0 Å². The van der Waals surface area contributed by atoms with Gasteiger partial charge in [-0.2, -0.15) is 0 Å². The van der Waals surface area contributed by atoms with E-state index in [9.17, 15) is 9.59 Å². The Balaban J connectivity index is 2.15. The molecule has 0 radical (unpaired) electrons. The highest BCUT2D eigenvalue weighted by molar-refractivity contribution is 6.00. The molecule has 1 aliphatic carbocycles. The van der Waals surface area contributed by atoms with Crippen LogP contribution >= 0.6 is 0 Å². The molecule has 1 atom stereocenters. The summed E-state index contributed by atoms with van der Waals surface area (Å²) >= 11 is 0. The molecule has 18 heavy (non-hydrogen) atoms. The Bertz CT molecular complexity index is 479. The zero-order valence-electron chi connectivity index (χ0n) is 10.3. The summed E-state index contributed by atoms with van der Waals surface area (Å²) in [7, 11) is 1.60. The van der Waals surface area contributed by atoms with Crippen molar-refractivity contribution < 1.29 is 19.4 Å². The first-order valence-electron chi connectivity index (χ1n) is 6.04. The average Bonchev–Trinajstić information content (AvgIpc) is 2.37. The number of ketones is 1. The van der Waals surface area contributed by atoms with E-state index in [1.54, 1.807) is 19.2 Å². The van der Waals surface area contributed by atoms with E-state index in [0.717, 1.165) is 29.7 Å². The Morgan fingerprint density at radius 1 is 1.50 bits per heavy atom. The summed E-state index contributed by atoms with van der Waals surface area (Å²) in [5.41, 5.74) is 1.73. The number of rotatable bonds is 4. The van der Waals surface area contributed by atoms with Crippen LogP contribution in [-0.2, 0) is 11.2 Å². The fourth-order valence-corrected chi connectivity index (χ4v) is 2.40. The molecule has 0 heterocycles. The van der Waals surface area contributed by atoms with Crippen molar-refractivity contribution in [3.8, 4) is 5.75 Å². The minimum atomic E-state index is -0.844. The number of Topliss-reactive ketones (excluding diaryl/α,β-unsaturated/α-hetero) is 1. The molecule has 0 aliphatic heterocycles. The summed E-state index contributed by atoms with van der Waals surface area (Å²) in [4.78, 5) is 22.7. The largest absolute Gasteiger partial charge is 0.497 e. The van der Waals surface area contributed by atoms with Gasteiger partial charge in [0.15, 0.2) is 5.78 Å². The molecule has 0 saturated carbocycles. The number of ether oxygens (including phenoxy) is 1. The number of methoxy groups -OCH3 is 1. The van der Waals surface area contributed by atoms with E-state index in [2.05, 4.69) is 0 Å². The van der Waals surface area contributed by atoms with Crippen LogP contribution in [0.25, 0.3) is 0 Å². The Kier molecular flexibility index (Phi) is 3.65. The van der Waals surface area contributed by atoms with Crippen LogP contribution in [0.2, 0.25) is 0 Å². The van der Waals surface area contributed by atoms with E-state index in [0.29, 0.717) is 6.42 Å². The molecule has 0 saturated heterocycles. The lowest BCUT2D eigenvalue weighted by Gasteiger charge is -2.23. The second-order valence-electron chi connectivity index (χ2n) is 4.56. The number of hydrogen-bond donors (Lipinski definition) is 1. The van der Waals surface area contributed by atoms with Gasteiger partial charge < -0.3 is 9.84 Å². The summed E-state index contributed by atoms with van der Waals surface area (Å²) in [5, 5.41) is 8.67. The number of aryl methyl sites for hydroxylation is 1. The predicted octanol–water partition coefficient (Wildman–Crippen LogP) is 2.31. The summed E-state index contributed by atoms with van der Waals surface area (Å²) in [6, 6.07) is 5.44. The van der Waals surface area contributed by atoms with Gasteiger partial charge in [-0.1, -0.05) is 0 Å². The van der Waals surface area contributed by atoms with E-state index in [1.165, 1.54) is 0 Å². The van der Waals surface area contributed by atoms with Crippen LogP contribution in [0, 0.1) is 5.92 Å². The van der Waals surface area contributed by atoms with Gasteiger partial charge in [-0.05, 0) is 43.0 Å². The van der Waals surface area contributed by atoms with Gasteiger partial charge in [0.25, 0.3) is 0 Å².